The van der Waals surface area contributed by atoms with Crippen LogP contribution in [0.5, 0.6) is 5.75 Å². The molecule has 120 valence electrons. The van der Waals surface area contributed by atoms with Gasteiger partial charge in [0.2, 0.25) is 0 Å². The zero-order valence-electron chi connectivity index (χ0n) is 12.4. The van der Waals surface area contributed by atoms with Crippen LogP contribution in [0.3, 0.4) is 0 Å². The lowest BCUT2D eigenvalue weighted by Crippen LogP contribution is -2.39. The molecule has 1 N–H and O–H groups in total. The topological polar surface area (TPSA) is 41.6 Å². The van der Waals surface area contributed by atoms with Gasteiger partial charge < -0.3 is 15.0 Å². The molecule has 4 nitrogen and oxygen atoms in total. The Hall–Kier alpha value is -2.27. The number of fused-ring (bicyclic) bond motifs is 1. The molecule has 1 heterocycles. The van der Waals surface area contributed by atoms with E-state index >= 15 is 0 Å². The molecule has 1 aliphatic rings. The molecule has 23 heavy (non-hydrogen) atoms. The number of halogens is 2. The highest BCUT2D eigenvalue weighted by Gasteiger charge is 2.18. The van der Waals surface area contributed by atoms with Gasteiger partial charge in [0.25, 0.3) is 5.91 Å². The predicted octanol–water partition coefficient (Wildman–Crippen LogP) is 3.11. The molecule has 0 unspecified atom stereocenters. The molecule has 0 radical (unpaired) electrons. The summed E-state index contributed by atoms with van der Waals surface area (Å²) in [5, 5.41) is 2.82. The molecular weight excluding hydrogens is 319 g/mol. The van der Waals surface area contributed by atoms with E-state index in [0.29, 0.717) is 19.7 Å². The first-order chi connectivity index (χ1) is 11.2. The van der Waals surface area contributed by atoms with Crippen molar-refractivity contribution >= 4 is 23.2 Å². The summed E-state index contributed by atoms with van der Waals surface area (Å²) in [5.41, 5.74) is 0.883. The van der Waals surface area contributed by atoms with Crippen molar-refractivity contribution in [3.63, 3.8) is 0 Å². The molecule has 2 aromatic carbocycles. The maximum Gasteiger partial charge on any atom is 0.255 e. The lowest BCUT2D eigenvalue weighted by atomic mass is 10.2. The highest BCUT2D eigenvalue weighted by molar-refractivity contribution is 6.33. The molecule has 0 fully saturated rings. The van der Waals surface area contributed by atoms with Gasteiger partial charge in [0, 0.05) is 13.1 Å². The smallest absolute Gasteiger partial charge is 0.255 e. The van der Waals surface area contributed by atoms with Crippen LogP contribution in [0.25, 0.3) is 0 Å². The van der Waals surface area contributed by atoms with E-state index in [2.05, 4.69) is 10.2 Å². The van der Waals surface area contributed by atoms with Gasteiger partial charge in [-0.1, -0.05) is 29.8 Å². The molecular formula is C17H16ClFN2O2. The van der Waals surface area contributed by atoms with E-state index in [1.54, 1.807) is 0 Å². The maximum absolute atomic E-state index is 13.7. The van der Waals surface area contributed by atoms with E-state index in [1.165, 1.54) is 18.2 Å². The fourth-order valence-electron chi connectivity index (χ4n) is 2.57. The molecule has 0 aromatic heterocycles. The number of ether oxygens (including phenoxy) is 1. The third-order valence-electron chi connectivity index (χ3n) is 3.68. The highest BCUT2D eigenvalue weighted by atomic mass is 35.5. The number of amides is 1. The SMILES string of the molecule is O=C(NCCN1CCOc2ccccc21)c1c(F)cccc1Cl. The largest absolute Gasteiger partial charge is 0.490 e. The summed E-state index contributed by atoms with van der Waals surface area (Å²) in [4.78, 5) is 14.2. The van der Waals surface area contributed by atoms with Gasteiger partial charge in [-0.2, -0.15) is 0 Å². The predicted molar refractivity (Wildman–Crippen MR) is 87.9 cm³/mol. The Labute approximate surface area is 138 Å². The minimum Gasteiger partial charge on any atom is -0.490 e. The summed E-state index contributed by atoms with van der Waals surface area (Å²) in [5.74, 6) is -0.288. The Morgan fingerprint density at radius 1 is 1.26 bits per heavy atom. The molecule has 0 aliphatic carbocycles. The summed E-state index contributed by atoms with van der Waals surface area (Å²) < 4.78 is 19.3. The number of rotatable bonds is 4. The van der Waals surface area contributed by atoms with E-state index in [9.17, 15) is 9.18 Å². The van der Waals surface area contributed by atoms with Gasteiger partial charge in [-0.25, -0.2) is 4.39 Å². The Balaban J connectivity index is 1.61. The quantitative estimate of drug-likeness (QED) is 0.934. The molecule has 3 rings (SSSR count). The number of nitrogens with zero attached hydrogens (tertiary/aromatic N) is 1. The van der Waals surface area contributed by atoms with Crippen molar-refractivity contribution < 1.29 is 13.9 Å². The van der Waals surface area contributed by atoms with E-state index in [-0.39, 0.29) is 10.6 Å². The first-order valence-electron chi connectivity index (χ1n) is 7.36. The number of carbonyl (C=O) groups excluding carboxylic acids is 1. The summed E-state index contributed by atoms with van der Waals surface area (Å²) >= 11 is 5.89. The standard InChI is InChI=1S/C17H16ClFN2O2/c18-12-4-3-5-13(19)16(12)17(22)20-8-9-21-10-11-23-15-7-2-1-6-14(15)21/h1-7H,8-11H2,(H,20,22). The van der Waals surface area contributed by atoms with Gasteiger partial charge in [-0.3, -0.25) is 4.79 Å². The van der Waals surface area contributed by atoms with E-state index < -0.39 is 11.7 Å². The van der Waals surface area contributed by atoms with E-state index in [1.807, 2.05) is 24.3 Å². The first-order valence-corrected chi connectivity index (χ1v) is 7.73. The third kappa shape index (κ3) is 3.40. The number of hydrogen-bond donors (Lipinski definition) is 1. The molecule has 2 aromatic rings. The van der Waals surface area contributed by atoms with Crippen molar-refractivity contribution in [2.45, 2.75) is 0 Å². The van der Waals surface area contributed by atoms with Crippen LogP contribution in [0, 0.1) is 5.82 Å². The van der Waals surface area contributed by atoms with Crippen LogP contribution < -0.4 is 15.0 Å². The highest BCUT2D eigenvalue weighted by Crippen LogP contribution is 2.30. The van der Waals surface area contributed by atoms with Gasteiger partial charge in [0.15, 0.2) is 0 Å². The van der Waals surface area contributed by atoms with Crippen molar-refractivity contribution in [3.05, 3.63) is 58.9 Å². The summed E-state index contributed by atoms with van der Waals surface area (Å²) in [6.45, 7) is 2.34. The van der Waals surface area contributed by atoms with Gasteiger partial charge in [0.1, 0.15) is 18.2 Å². The van der Waals surface area contributed by atoms with E-state index in [4.69, 9.17) is 16.3 Å². The van der Waals surface area contributed by atoms with Gasteiger partial charge in [-0.15, -0.1) is 0 Å². The average molecular weight is 335 g/mol. The first kappa shape index (κ1) is 15.6. The summed E-state index contributed by atoms with van der Waals surface area (Å²) in [6, 6.07) is 11.9. The van der Waals surface area contributed by atoms with E-state index in [0.717, 1.165) is 18.0 Å². The Bertz CT molecular complexity index is 703. The summed E-state index contributed by atoms with van der Waals surface area (Å²) in [7, 11) is 0. The normalized spacial score (nSPS) is 13.2. The van der Waals surface area contributed by atoms with Crippen LogP contribution in [0.15, 0.2) is 42.5 Å². The molecule has 0 atom stereocenters. The number of nitrogens with one attached hydrogen (secondary N) is 1. The number of hydrogen-bond acceptors (Lipinski definition) is 3. The van der Waals surface area contributed by atoms with Crippen LogP contribution in [0.2, 0.25) is 5.02 Å². The lowest BCUT2D eigenvalue weighted by molar-refractivity contribution is 0.0950. The Morgan fingerprint density at radius 2 is 2.09 bits per heavy atom. The molecule has 0 saturated carbocycles. The van der Waals surface area contributed by atoms with Gasteiger partial charge >= 0.3 is 0 Å². The fourth-order valence-corrected chi connectivity index (χ4v) is 2.82. The summed E-state index contributed by atoms with van der Waals surface area (Å²) in [6.07, 6.45) is 0. The van der Waals surface area contributed by atoms with Gasteiger partial charge in [0.05, 0.1) is 22.8 Å². The van der Waals surface area contributed by atoms with Crippen molar-refractivity contribution in [1.82, 2.24) is 5.32 Å². The zero-order valence-corrected chi connectivity index (χ0v) is 13.1. The van der Waals surface area contributed by atoms with Crippen LogP contribution in [0.4, 0.5) is 10.1 Å². The molecule has 6 heteroatoms. The fraction of sp³-hybridized carbons (Fsp3) is 0.235. The second kappa shape index (κ2) is 6.87. The van der Waals surface area contributed by atoms with Crippen molar-refractivity contribution in [3.8, 4) is 5.75 Å². The minimum atomic E-state index is -0.619. The second-order valence-corrected chi connectivity index (χ2v) is 5.56. The Morgan fingerprint density at radius 3 is 2.91 bits per heavy atom. The molecule has 0 spiro atoms. The molecule has 0 saturated heterocycles. The Kier molecular flexibility index (Phi) is 4.67. The van der Waals surface area contributed by atoms with Crippen molar-refractivity contribution in [2.24, 2.45) is 0 Å². The number of carbonyl (C=O) groups is 1. The number of para-hydroxylation sites is 2. The monoisotopic (exact) mass is 334 g/mol. The average Bonchev–Trinajstić information content (AvgIpc) is 2.55. The second-order valence-electron chi connectivity index (χ2n) is 5.16. The third-order valence-corrected chi connectivity index (χ3v) is 4.00. The van der Waals surface area contributed by atoms with Crippen LogP contribution in [-0.4, -0.2) is 32.1 Å². The van der Waals surface area contributed by atoms with Crippen LogP contribution in [0.1, 0.15) is 10.4 Å². The zero-order chi connectivity index (χ0) is 16.2. The van der Waals surface area contributed by atoms with Gasteiger partial charge in [-0.05, 0) is 24.3 Å². The molecule has 1 amide bonds. The minimum absolute atomic E-state index is 0.110. The number of anilines is 1. The number of benzene rings is 2. The van der Waals surface area contributed by atoms with Crippen molar-refractivity contribution in [1.29, 1.82) is 0 Å². The maximum atomic E-state index is 13.7. The molecule has 0 bridgehead atoms. The molecule has 1 aliphatic heterocycles. The lowest BCUT2D eigenvalue weighted by Gasteiger charge is -2.31. The van der Waals surface area contributed by atoms with Crippen LogP contribution >= 0.6 is 11.6 Å². The van der Waals surface area contributed by atoms with Crippen molar-refractivity contribution in [2.75, 3.05) is 31.1 Å². The van der Waals surface area contributed by atoms with Crippen LogP contribution in [-0.2, 0) is 0 Å².